The fourth-order valence-corrected chi connectivity index (χ4v) is 2.55. The lowest BCUT2D eigenvalue weighted by molar-refractivity contribution is -0.138. The molecule has 0 radical (unpaired) electrons. The minimum Gasteiger partial charge on any atom is -0.481 e. The summed E-state index contributed by atoms with van der Waals surface area (Å²) in [4.78, 5) is 19.4. The summed E-state index contributed by atoms with van der Waals surface area (Å²) in [6, 6.07) is 3.75. The number of aromatic nitrogens is 2. The van der Waals surface area contributed by atoms with Crippen LogP contribution < -0.4 is 0 Å². The summed E-state index contributed by atoms with van der Waals surface area (Å²) in [7, 11) is 0. The molecule has 17 heavy (non-hydrogen) atoms. The van der Waals surface area contributed by atoms with Crippen LogP contribution in [0.2, 0.25) is 0 Å². The van der Waals surface area contributed by atoms with Gasteiger partial charge < -0.3 is 5.11 Å². The van der Waals surface area contributed by atoms with Gasteiger partial charge in [0.05, 0.1) is 5.69 Å². The molecule has 88 valence electrons. The van der Waals surface area contributed by atoms with Gasteiger partial charge in [-0.3, -0.25) is 9.78 Å². The molecular formula is C12H12N2O2S. The Morgan fingerprint density at radius 1 is 1.59 bits per heavy atom. The number of aliphatic carboxylic acids is 1. The first-order valence-electron chi connectivity index (χ1n) is 5.31. The first kappa shape index (κ1) is 11.7. The third-order valence-corrected chi connectivity index (χ3v) is 3.44. The quantitative estimate of drug-likeness (QED) is 0.903. The van der Waals surface area contributed by atoms with Gasteiger partial charge in [0.1, 0.15) is 10.9 Å². The van der Waals surface area contributed by atoms with Crippen molar-refractivity contribution in [1.82, 2.24) is 9.97 Å². The maximum Gasteiger partial charge on any atom is 0.313 e. The molecule has 0 aliphatic rings. The van der Waals surface area contributed by atoms with E-state index in [0.29, 0.717) is 11.4 Å². The van der Waals surface area contributed by atoms with Crippen LogP contribution in [0.15, 0.2) is 29.9 Å². The normalized spacial score (nSPS) is 12.3. The van der Waals surface area contributed by atoms with Crippen molar-refractivity contribution in [3.63, 3.8) is 0 Å². The minimum atomic E-state index is -0.820. The summed E-state index contributed by atoms with van der Waals surface area (Å²) in [5.41, 5.74) is 1.70. The van der Waals surface area contributed by atoms with E-state index in [2.05, 4.69) is 9.97 Å². The SMILES string of the molecule is CCC(C(=O)O)c1nc(-c2cccnc2)cs1. The number of hydrogen-bond acceptors (Lipinski definition) is 4. The second-order valence-electron chi connectivity index (χ2n) is 3.61. The van der Waals surface area contributed by atoms with E-state index in [1.54, 1.807) is 12.4 Å². The van der Waals surface area contributed by atoms with Gasteiger partial charge in [0.25, 0.3) is 0 Å². The van der Waals surface area contributed by atoms with Crippen molar-refractivity contribution in [3.05, 3.63) is 34.9 Å². The summed E-state index contributed by atoms with van der Waals surface area (Å²) in [5, 5.41) is 11.6. The van der Waals surface area contributed by atoms with Crippen molar-refractivity contribution < 1.29 is 9.90 Å². The molecule has 0 amide bonds. The van der Waals surface area contributed by atoms with Gasteiger partial charge in [-0.1, -0.05) is 6.92 Å². The topological polar surface area (TPSA) is 63.1 Å². The molecule has 2 rings (SSSR count). The average molecular weight is 248 g/mol. The van der Waals surface area contributed by atoms with Crippen LogP contribution in [0, 0.1) is 0 Å². The Hall–Kier alpha value is -1.75. The Morgan fingerprint density at radius 3 is 3.00 bits per heavy atom. The van der Waals surface area contributed by atoms with Gasteiger partial charge in [-0.25, -0.2) is 4.98 Å². The monoisotopic (exact) mass is 248 g/mol. The Kier molecular flexibility index (Phi) is 3.49. The number of nitrogens with zero attached hydrogens (tertiary/aromatic N) is 2. The molecule has 5 heteroatoms. The van der Waals surface area contributed by atoms with Gasteiger partial charge in [-0.15, -0.1) is 11.3 Å². The third-order valence-electron chi connectivity index (χ3n) is 2.48. The van der Waals surface area contributed by atoms with Crippen LogP contribution in [0.3, 0.4) is 0 Å². The number of carbonyl (C=O) groups is 1. The van der Waals surface area contributed by atoms with Crippen LogP contribution in [-0.4, -0.2) is 21.0 Å². The molecule has 1 unspecified atom stereocenters. The molecule has 4 nitrogen and oxygen atoms in total. The van der Waals surface area contributed by atoms with Crippen molar-refractivity contribution in [2.45, 2.75) is 19.3 Å². The maximum atomic E-state index is 11.0. The Bertz CT molecular complexity index is 510. The lowest BCUT2D eigenvalue weighted by Gasteiger charge is -2.04. The molecule has 1 N–H and O–H groups in total. The summed E-state index contributed by atoms with van der Waals surface area (Å²) in [6.07, 6.45) is 3.97. The molecule has 0 saturated carbocycles. The first-order valence-corrected chi connectivity index (χ1v) is 6.19. The molecule has 2 aromatic heterocycles. The zero-order valence-electron chi connectivity index (χ0n) is 9.33. The standard InChI is InChI=1S/C12H12N2O2S/c1-2-9(12(15)16)11-14-10(7-17-11)8-4-3-5-13-6-8/h3-7,9H,2H2,1H3,(H,15,16). The van der Waals surface area contributed by atoms with Crippen LogP contribution in [0.5, 0.6) is 0 Å². The zero-order chi connectivity index (χ0) is 12.3. The predicted molar refractivity (Wildman–Crippen MR) is 66.0 cm³/mol. The van der Waals surface area contributed by atoms with Crippen LogP contribution >= 0.6 is 11.3 Å². The van der Waals surface area contributed by atoms with Gasteiger partial charge in [-0.2, -0.15) is 0 Å². The van der Waals surface area contributed by atoms with Crippen LogP contribution in [0.1, 0.15) is 24.3 Å². The second kappa shape index (κ2) is 5.05. The largest absolute Gasteiger partial charge is 0.481 e. The minimum absolute atomic E-state index is 0.509. The van der Waals surface area contributed by atoms with Crippen molar-refractivity contribution in [2.75, 3.05) is 0 Å². The highest BCUT2D eigenvalue weighted by Crippen LogP contribution is 2.27. The van der Waals surface area contributed by atoms with E-state index < -0.39 is 11.9 Å². The highest BCUT2D eigenvalue weighted by atomic mass is 32.1. The summed E-state index contributed by atoms with van der Waals surface area (Å²) in [5.74, 6) is -1.33. The van der Waals surface area contributed by atoms with E-state index in [9.17, 15) is 4.79 Å². The van der Waals surface area contributed by atoms with E-state index in [1.165, 1.54) is 11.3 Å². The molecule has 0 aliphatic carbocycles. The van der Waals surface area contributed by atoms with Crippen LogP contribution in [-0.2, 0) is 4.79 Å². The smallest absolute Gasteiger partial charge is 0.313 e. The molecule has 0 aliphatic heterocycles. The molecule has 0 saturated heterocycles. The third kappa shape index (κ3) is 2.50. The first-order chi connectivity index (χ1) is 8.22. The summed E-state index contributed by atoms with van der Waals surface area (Å²) >= 11 is 1.39. The van der Waals surface area contributed by atoms with E-state index in [4.69, 9.17) is 5.11 Å². The second-order valence-corrected chi connectivity index (χ2v) is 4.50. The van der Waals surface area contributed by atoms with Gasteiger partial charge in [-0.05, 0) is 18.6 Å². The molecule has 0 aromatic carbocycles. The Labute approximate surface area is 103 Å². The van der Waals surface area contributed by atoms with E-state index in [0.717, 1.165) is 11.3 Å². The average Bonchev–Trinajstić information content (AvgIpc) is 2.80. The summed E-state index contributed by atoms with van der Waals surface area (Å²) < 4.78 is 0. The van der Waals surface area contributed by atoms with Gasteiger partial charge in [0.2, 0.25) is 0 Å². The number of rotatable bonds is 4. The fourth-order valence-electron chi connectivity index (χ4n) is 1.55. The number of hydrogen-bond donors (Lipinski definition) is 1. The summed E-state index contributed by atoms with van der Waals surface area (Å²) in [6.45, 7) is 1.85. The molecule has 0 bridgehead atoms. The lowest BCUT2D eigenvalue weighted by atomic mass is 10.1. The van der Waals surface area contributed by atoms with Crippen molar-refractivity contribution >= 4 is 17.3 Å². The molecule has 0 fully saturated rings. The maximum absolute atomic E-state index is 11.0. The fraction of sp³-hybridized carbons (Fsp3) is 0.250. The highest BCUT2D eigenvalue weighted by Gasteiger charge is 2.21. The Balaban J connectivity index is 2.30. The molecular weight excluding hydrogens is 236 g/mol. The van der Waals surface area contributed by atoms with Gasteiger partial charge in [0.15, 0.2) is 0 Å². The lowest BCUT2D eigenvalue weighted by Crippen LogP contribution is -2.09. The van der Waals surface area contributed by atoms with Gasteiger partial charge >= 0.3 is 5.97 Å². The Morgan fingerprint density at radius 2 is 2.41 bits per heavy atom. The molecule has 2 heterocycles. The van der Waals surface area contributed by atoms with Crippen molar-refractivity contribution in [1.29, 1.82) is 0 Å². The van der Waals surface area contributed by atoms with Crippen molar-refractivity contribution in [3.8, 4) is 11.3 Å². The number of pyridine rings is 1. The molecule has 1 atom stereocenters. The predicted octanol–water partition coefficient (Wildman–Crippen LogP) is 2.78. The number of carboxylic acid groups (broad SMARTS) is 1. The van der Waals surface area contributed by atoms with E-state index in [-0.39, 0.29) is 0 Å². The van der Waals surface area contributed by atoms with Gasteiger partial charge in [0, 0.05) is 23.3 Å². The molecule has 0 spiro atoms. The van der Waals surface area contributed by atoms with Crippen LogP contribution in [0.4, 0.5) is 0 Å². The highest BCUT2D eigenvalue weighted by molar-refractivity contribution is 7.10. The van der Waals surface area contributed by atoms with Crippen LogP contribution in [0.25, 0.3) is 11.3 Å². The zero-order valence-corrected chi connectivity index (χ0v) is 10.1. The van der Waals surface area contributed by atoms with E-state index >= 15 is 0 Å². The number of carboxylic acids is 1. The number of thiazole rings is 1. The molecule has 2 aromatic rings. The van der Waals surface area contributed by atoms with Crippen molar-refractivity contribution in [2.24, 2.45) is 0 Å². The van der Waals surface area contributed by atoms with E-state index in [1.807, 2.05) is 24.4 Å².